The highest BCUT2D eigenvalue weighted by Crippen LogP contribution is 2.38. The molecule has 1 unspecified atom stereocenters. The summed E-state index contributed by atoms with van der Waals surface area (Å²) in [5.41, 5.74) is 5.01. The van der Waals surface area contributed by atoms with Crippen LogP contribution in [-0.2, 0) is 11.2 Å². The van der Waals surface area contributed by atoms with Crippen LogP contribution in [0.3, 0.4) is 0 Å². The molecule has 0 aliphatic carbocycles. The van der Waals surface area contributed by atoms with Gasteiger partial charge in [-0.2, -0.15) is 0 Å². The molecule has 4 nitrogen and oxygen atoms in total. The number of nitrogens with zero attached hydrogens (tertiary/aromatic N) is 1. The van der Waals surface area contributed by atoms with E-state index in [1.807, 2.05) is 18.2 Å². The largest absolute Gasteiger partial charge is 0.378 e. The molecule has 0 saturated heterocycles. The summed E-state index contributed by atoms with van der Waals surface area (Å²) in [5, 5.41) is 12.5. The molecule has 2 heterocycles. The lowest BCUT2D eigenvalue weighted by molar-refractivity contribution is -0.123. The summed E-state index contributed by atoms with van der Waals surface area (Å²) in [7, 11) is 0. The third kappa shape index (κ3) is 1.91. The van der Waals surface area contributed by atoms with Crippen LogP contribution >= 0.6 is 0 Å². The number of nitrogens with one attached hydrogen (secondary N) is 1. The van der Waals surface area contributed by atoms with Crippen LogP contribution < -0.4 is 10.2 Å². The van der Waals surface area contributed by atoms with Crippen LogP contribution in [0.4, 0.5) is 17.1 Å². The van der Waals surface area contributed by atoms with E-state index in [1.54, 1.807) is 0 Å². The number of anilines is 3. The number of rotatable bonds is 1. The minimum Gasteiger partial charge on any atom is -0.378 e. The van der Waals surface area contributed by atoms with Crippen molar-refractivity contribution < 1.29 is 9.90 Å². The molecule has 106 valence electrons. The molecule has 21 heavy (non-hydrogen) atoms. The molecule has 0 bridgehead atoms. The van der Waals surface area contributed by atoms with Gasteiger partial charge in [0.2, 0.25) is 0 Å². The second kappa shape index (κ2) is 4.60. The summed E-state index contributed by atoms with van der Waals surface area (Å²) >= 11 is 0. The van der Waals surface area contributed by atoms with Gasteiger partial charge >= 0.3 is 0 Å². The lowest BCUT2D eigenvalue weighted by atomic mass is 10.0. The quantitative estimate of drug-likeness (QED) is 0.844. The van der Waals surface area contributed by atoms with Gasteiger partial charge in [-0.1, -0.05) is 24.3 Å². The third-order valence-electron chi connectivity index (χ3n) is 4.26. The van der Waals surface area contributed by atoms with Crippen LogP contribution in [0.15, 0.2) is 42.5 Å². The van der Waals surface area contributed by atoms with Gasteiger partial charge in [-0.3, -0.25) is 4.79 Å². The van der Waals surface area contributed by atoms with E-state index < -0.39 is 6.10 Å². The van der Waals surface area contributed by atoms with Gasteiger partial charge in [0.25, 0.3) is 5.91 Å². The summed E-state index contributed by atoms with van der Waals surface area (Å²) in [6.07, 6.45) is 1.18. The molecule has 1 atom stereocenters. The number of benzene rings is 2. The number of aryl methyl sites for hydroxylation is 1. The zero-order chi connectivity index (χ0) is 14.4. The average Bonchev–Trinajstić information content (AvgIpc) is 2.81. The number of fused-ring (bicyclic) bond motifs is 2. The molecule has 4 heteroatoms. The molecule has 2 aromatic carbocycles. The maximum absolute atomic E-state index is 11.5. The van der Waals surface area contributed by atoms with Gasteiger partial charge < -0.3 is 15.3 Å². The predicted molar refractivity (Wildman–Crippen MR) is 81.8 cm³/mol. The van der Waals surface area contributed by atoms with Gasteiger partial charge in [0.15, 0.2) is 6.10 Å². The van der Waals surface area contributed by atoms with Crippen molar-refractivity contribution in [3.8, 4) is 0 Å². The number of para-hydroxylation sites is 1. The van der Waals surface area contributed by atoms with E-state index >= 15 is 0 Å². The van der Waals surface area contributed by atoms with E-state index in [0.29, 0.717) is 11.3 Å². The van der Waals surface area contributed by atoms with Crippen LogP contribution in [0, 0.1) is 0 Å². The second-order valence-corrected chi connectivity index (χ2v) is 5.55. The minimum atomic E-state index is -1.04. The van der Waals surface area contributed by atoms with Crippen LogP contribution in [-0.4, -0.2) is 17.6 Å². The van der Waals surface area contributed by atoms with Crippen molar-refractivity contribution in [2.24, 2.45) is 0 Å². The molecule has 4 rings (SSSR count). The van der Waals surface area contributed by atoms with E-state index in [9.17, 15) is 9.90 Å². The lowest BCUT2D eigenvalue weighted by Crippen LogP contribution is -2.24. The highest BCUT2D eigenvalue weighted by Gasteiger charge is 2.29. The Balaban J connectivity index is 1.76. The molecule has 2 aliphatic heterocycles. The number of aliphatic hydroxyl groups is 1. The molecule has 2 aliphatic rings. The Morgan fingerprint density at radius 3 is 2.95 bits per heavy atom. The van der Waals surface area contributed by atoms with Gasteiger partial charge in [0.1, 0.15) is 0 Å². The predicted octanol–water partition coefficient (Wildman–Crippen LogP) is 2.76. The highest BCUT2D eigenvalue weighted by atomic mass is 16.3. The Bertz CT molecular complexity index is 726. The SMILES string of the molecule is O=C1Nc2cc(N3CCCc4ccccc43)ccc2C1O. The van der Waals surface area contributed by atoms with Gasteiger partial charge in [0, 0.05) is 29.2 Å². The fourth-order valence-electron chi connectivity index (χ4n) is 3.20. The molecule has 2 N–H and O–H groups in total. The van der Waals surface area contributed by atoms with Gasteiger partial charge in [0.05, 0.1) is 0 Å². The standard InChI is InChI=1S/C17H16N2O2/c20-16-13-8-7-12(10-14(13)18-17(16)21)19-9-3-5-11-4-1-2-6-15(11)19/h1-2,4,6-8,10,16,20H,3,5,9H2,(H,18,21). The Hall–Kier alpha value is -2.33. The number of aliphatic hydroxyl groups excluding tert-OH is 1. The summed E-state index contributed by atoms with van der Waals surface area (Å²) in [6, 6.07) is 14.2. The van der Waals surface area contributed by atoms with E-state index in [1.165, 1.54) is 11.3 Å². The van der Waals surface area contributed by atoms with Crippen molar-refractivity contribution >= 4 is 23.0 Å². The molecule has 1 amide bonds. The van der Waals surface area contributed by atoms with Crippen LogP contribution in [0.25, 0.3) is 0 Å². The maximum atomic E-state index is 11.5. The minimum absolute atomic E-state index is 0.346. The molecular formula is C17H16N2O2. The summed E-state index contributed by atoms with van der Waals surface area (Å²) in [5.74, 6) is -0.346. The third-order valence-corrected chi connectivity index (χ3v) is 4.26. The zero-order valence-corrected chi connectivity index (χ0v) is 11.5. The number of carbonyl (C=O) groups excluding carboxylic acids is 1. The fourth-order valence-corrected chi connectivity index (χ4v) is 3.20. The van der Waals surface area contributed by atoms with E-state index in [0.717, 1.165) is 25.1 Å². The van der Waals surface area contributed by atoms with Crippen molar-refractivity contribution in [3.63, 3.8) is 0 Å². The van der Waals surface area contributed by atoms with Crippen LogP contribution in [0.1, 0.15) is 23.7 Å². The van der Waals surface area contributed by atoms with Crippen LogP contribution in [0.2, 0.25) is 0 Å². The molecule has 0 aromatic heterocycles. The summed E-state index contributed by atoms with van der Waals surface area (Å²) in [6.45, 7) is 0.965. The van der Waals surface area contributed by atoms with Crippen molar-refractivity contribution in [3.05, 3.63) is 53.6 Å². The molecule has 0 radical (unpaired) electrons. The van der Waals surface area contributed by atoms with E-state index in [-0.39, 0.29) is 5.91 Å². The van der Waals surface area contributed by atoms with Crippen molar-refractivity contribution in [1.82, 2.24) is 0 Å². The Morgan fingerprint density at radius 1 is 1.19 bits per heavy atom. The number of amides is 1. The Labute approximate surface area is 123 Å². The highest BCUT2D eigenvalue weighted by molar-refractivity contribution is 6.02. The van der Waals surface area contributed by atoms with Crippen molar-refractivity contribution in [1.29, 1.82) is 0 Å². The van der Waals surface area contributed by atoms with Gasteiger partial charge in [-0.25, -0.2) is 0 Å². The zero-order valence-electron chi connectivity index (χ0n) is 11.5. The Kier molecular flexibility index (Phi) is 2.72. The first-order chi connectivity index (χ1) is 10.2. The normalized spacial score (nSPS) is 20.0. The number of hydrogen-bond donors (Lipinski definition) is 2. The van der Waals surface area contributed by atoms with Gasteiger partial charge in [-0.05, 0) is 36.6 Å². The van der Waals surface area contributed by atoms with Crippen molar-refractivity contribution in [2.75, 3.05) is 16.8 Å². The second-order valence-electron chi connectivity index (χ2n) is 5.55. The maximum Gasteiger partial charge on any atom is 0.257 e. The Morgan fingerprint density at radius 2 is 2.05 bits per heavy atom. The van der Waals surface area contributed by atoms with Crippen molar-refractivity contribution in [2.45, 2.75) is 18.9 Å². The molecule has 0 spiro atoms. The summed E-state index contributed by atoms with van der Waals surface area (Å²) in [4.78, 5) is 13.8. The number of carbonyl (C=O) groups is 1. The first-order valence-corrected chi connectivity index (χ1v) is 7.22. The molecule has 2 aromatic rings. The molecule has 0 fully saturated rings. The van der Waals surface area contributed by atoms with E-state index in [4.69, 9.17) is 0 Å². The van der Waals surface area contributed by atoms with Crippen LogP contribution in [0.5, 0.6) is 0 Å². The topological polar surface area (TPSA) is 52.6 Å². The monoisotopic (exact) mass is 280 g/mol. The smallest absolute Gasteiger partial charge is 0.257 e. The van der Waals surface area contributed by atoms with E-state index in [2.05, 4.69) is 34.5 Å². The molecular weight excluding hydrogens is 264 g/mol. The number of hydrogen-bond acceptors (Lipinski definition) is 3. The van der Waals surface area contributed by atoms with Gasteiger partial charge in [-0.15, -0.1) is 0 Å². The first-order valence-electron chi connectivity index (χ1n) is 7.22. The summed E-state index contributed by atoms with van der Waals surface area (Å²) < 4.78 is 0. The first kappa shape index (κ1) is 12.4. The lowest BCUT2D eigenvalue weighted by Gasteiger charge is -2.31. The molecule has 0 saturated carbocycles. The fraction of sp³-hybridized carbons (Fsp3) is 0.235. The average molecular weight is 280 g/mol.